The van der Waals surface area contributed by atoms with Crippen molar-refractivity contribution in [3.63, 3.8) is 0 Å². The van der Waals surface area contributed by atoms with Crippen LogP contribution in [0.3, 0.4) is 0 Å². The van der Waals surface area contributed by atoms with Crippen LogP contribution in [0.15, 0.2) is 6.07 Å². The van der Waals surface area contributed by atoms with Crippen LogP contribution in [-0.2, 0) is 12.8 Å². The normalized spacial score (nSPS) is 28.0. The molecule has 21 heavy (non-hydrogen) atoms. The fourth-order valence-electron chi connectivity index (χ4n) is 4.22. The average molecular weight is 282 g/mol. The number of anilines is 1. The Morgan fingerprint density at radius 1 is 1.24 bits per heavy atom. The van der Waals surface area contributed by atoms with Crippen LogP contribution in [0.25, 0.3) is 0 Å². The van der Waals surface area contributed by atoms with Crippen molar-refractivity contribution < 1.29 is 0 Å². The molecule has 1 aromatic rings. The fraction of sp³-hybridized carbons (Fsp3) is 0.647. The van der Waals surface area contributed by atoms with Crippen LogP contribution >= 0.6 is 0 Å². The Hall–Kier alpha value is -1.60. The quantitative estimate of drug-likeness (QED) is 0.905. The number of hydrogen-bond donors (Lipinski definition) is 1. The molecule has 0 saturated carbocycles. The van der Waals surface area contributed by atoms with Crippen LogP contribution in [0.2, 0.25) is 0 Å². The van der Waals surface area contributed by atoms with E-state index in [1.165, 1.54) is 56.5 Å². The van der Waals surface area contributed by atoms with Crippen LogP contribution in [0.5, 0.6) is 0 Å². The summed E-state index contributed by atoms with van der Waals surface area (Å²) in [5.74, 6) is 0.828. The van der Waals surface area contributed by atoms with Crippen LogP contribution in [0.4, 0.5) is 5.82 Å². The zero-order valence-electron chi connectivity index (χ0n) is 12.4. The zero-order chi connectivity index (χ0) is 14.2. The van der Waals surface area contributed by atoms with Crippen molar-refractivity contribution in [2.24, 2.45) is 0 Å². The molecular formula is C17H22N4. The van der Waals surface area contributed by atoms with Gasteiger partial charge in [0.1, 0.15) is 11.9 Å². The van der Waals surface area contributed by atoms with Crippen molar-refractivity contribution >= 4 is 5.82 Å². The first-order valence-corrected chi connectivity index (χ1v) is 8.27. The van der Waals surface area contributed by atoms with Crippen LogP contribution in [0, 0.1) is 11.3 Å². The number of rotatable bonds is 2. The second-order valence-corrected chi connectivity index (χ2v) is 6.65. The van der Waals surface area contributed by atoms with E-state index < -0.39 is 0 Å². The summed E-state index contributed by atoms with van der Waals surface area (Å²) >= 11 is 0. The van der Waals surface area contributed by atoms with E-state index in [0.29, 0.717) is 6.04 Å². The van der Waals surface area contributed by atoms with Gasteiger partial charge in [0.05, 0.1) is 5.56 Å². The number of nitriles is 1. The Labute approximate surface area is 126 Å². The molecule has 110 valence electrons. The summed E-state index contributed by atoms with van der Waals surface area (Å²) < 4.78 is 0. The molecule has 0 radical (unpaired) electrons. The van der Waals surface area contributed by atoms with Crippen molar-refractivity contribution in [3.8, 4) is 6.07 Å². The van der Waals surface area contributed by atoms with Crippen molar-refractivity contribution in [3.05, 3.63) is 22.9 Å². The summed E-state index contributed by atoms with van der Waals surface area (Å²) in [4.78, 5) is 7.38. The fourth-order valence-corrected chi connectivity index (χ4v) is 4.22. The topological polar surface area (TPSA) is 52.0 Å². The van der Waals surface area contributed by atoms with Gasteiger partial charge < -0.3 is 10.2 Å². The molecule has 4 nitrogen and oxygen atoms in total. The molecule has 2 atom stereocenters. The lowest BCUT2D eigenvalue weighted by molar-refractivity contribution is 0.188. The monoisotopic (exact) mass is 282 g/mol. The molecule has 4 rings (SSSR count). The molecule has 0 amide bonds. The molecular weight excluding hydrogens is 260 g/mol. The maximum Gasteiger partial charge on any atom is 0.144 e. The second-order valence-electron chi connectivity index (χ2n) is 6.65. The molecule has 0 bridgehead atoms. The highest BCUT2D eigenvalue weighted by atomic mass is 15.2. The molecule has 1 aromatic heterocycles. The summed E-state index contributed by atoms with van der Waals surface area (Å²) in [7, 11) is 0. The van der Waals surface area contributed by atoms with Gasteiger partial charge in [-0.15, -0.1) is 0 Å². The molecule has 2 fully saturated rings. The van der Waals surface area contributed by atoms with E-state index in [0.717, 1.165) is 30.3 Å². The van der Waals surface area contributed by atoms with Gasteiger partial charge in [0.2, 0.25) is 0 Å². The molecule has 4 heteroatoms. The number of fused-ring (bicyclic) bond motifs is 2. The lowest BCUT2D eigenvalue weighted by atomic mass is 9.97. The SMILES string of the molecule is N#Cc1cc2c(nc1NC1CCN3CCCC3C1)CCC2. The Morgan fingerprint density at radius 2 is 2.19 bits per heavy atom. The highest BCUT2D eigenvalue weighted by Crippen LogP contribution is 2.30. The number of pyridine rings is 1. The van der Waals surface area contributed by atoms with Crippen molar-refractivity contribution in [1.29, 1.82) is 5.26 Å². The summed E-state index contributed by atoms with van der Waals surface area (Å²) in [6.07, 6.45) is 8.37. The van der Waals surface area contributed by atoms with Crippen LogP contribution < -0.4 is 5.32 Å². The summed E-state index contributed by atoms with van der Waals surface area (Å²) in [6, 6.07) is 5.61. The van der Waals surface area contributed by atoms with Gasteiger partial charge in [0, 0.05) is 24.3 Å². The molecule has 0 spiro atoms. The minimum absolute atomic E-state index is 0.475. The largest absolute Gasteiger partial charge is 0.366 e. The van der Waals surface area contributed by atoms with Gasteiger partial charge >= 0.3 is 0 Å². The summed E-state index contributed by atoms with van der Waals surface area (Å²) in [6.45, 7) is 2.47. The first-order chi connectivity index (χ1) is 10.3. The lowest BCUT2D eigenvalue weighted by Gasteiger charge is -2.35. The summed E-state index contributed by atoms with van der Waals surface area (Å²) in [5, 5.41) is 13.0. The maximum absolute atomic E-state index is 9.39. The number of aromatic nitrogens is 1. The number of piperidine rings is 1. The Bertz CT molecular complexity index is 589. The number of nitrogens with one attached hydrogen (secondary N) is 1. The van der Waals surface area contributed by atoms with E-state index in [-0.39, 0.29) is 0 Å². The maximum atomic E-state index is 9.39. The summed E-state index contributed by atoms with van der Waals surface area (Å²) in [5.41, 5.74) is 3.21. The predicted molar refractivity (Wildman–Crippen MR) is 82.2 cm³/mol. The smallest absolute Gasteiger partial charge is 0.144 e. The van der Waals surface area contributed by atoms with Crippen molar-refractivity contribution in [2.45, 2.75) is 57.0 Å². The van der Waals surface area contributed by atoms with Crippen molar-refractivity contribution in [1.82, 2.24) is 9.88 Å². The van der Waals surface area contributed by atoms with Gasteiger partial charge in [-0.25, -0.2) is 4.98 Å². The molecule has 2 aliphatic heterocycles. The molecule has 0 aromatic carbocycles. The highest BCUT2D eigenvalue weighted by Gasteiger charge is 2.32. The molecule has 2 unspecified atom stereocenters. The molecule has 3 aliphatic rings. The molecule has 3 heterocycles. The van der Waals surface area contributed by atoms with E-state index in [4.69, 9.17) is 4.98 Å². The third-order valence-corrected chi connectivity index (χ3v) is 5.33. The molecule has 2 saturated heterocycles. The van der Waals surface area contributed by atoms with Gasteiger partial charge in [-0.05, 0) is 63.1 Å². The van der Waals surface area contributed by atoms with Gasteiger partial charge in [0.25, 0.3) is 0 Å². The van der Waals surface area contributed by atoms with Gasteiger partial charge in [-0.1, -0.05) is 0 Å². The molecule has 1 aliphatic carbocycles. The van der Waals surface area contributed by atoms with E-state index in [1.54, 1.807) is 0 Å². The lowest BCUT2D eigenvalue weighted by Crippen LogP contribution is -2.43. The van der Waals surface area contributed by atoms with Gasteiger partial charge in [0.15, 0.2) is 0 Å². The predicted octanol–water partition coefficient (Wildman–Crippen LogP) is 2.48. The third-order valence-electron chi connectivity index (χ3n) is 5.33. The van der Waals surface area contributed by atoms with E-state index in [1.807, 2.05) is 0 Å². The first-order valence-electron chi connectivity index (χ1n) is 8.27. The van der Waals surface area contributed by atoms with Crippen LogP contribution in [0.1, 0.15) is 48.9 Å². The second kappa shape index (κ2) is 5.31. The van der Waals surface area contributed by atoms with E-state index in [2.05, 4.69) is 22.4 Å². The van der Waals surface area contributed by atoms with E-state index in [9.17, 15) is 5.26 Å². The van der Waals surface area contributed by atoms with Gasteiger partial charge in [-0.3, -0.25) is 0 Å². The Morgan fingerprint density at radius 3 is 3.10 bits per heavy atom. The zero-order valence-corrected chi connectivity index (χ0v) is 12.4. The Kier molecular flexibility index (Phi) is 3.31. The Balaban J connectivity index is 1.53. The van der Waals surface area contributed by atoms with Crippen molar-refractivity contribution in [2.75, 3.05) is 18.4 Å². The standard InChI is InChI=1S/C17H22N4/c18-11-13-9-12-3-1-5-16(12)20-17(13)19-14-6-8-21-7-2-4-15(21)10-14/h9,14-15H,1-8,10H2,(H,19,20). The number of hydrogen-bond acceptors (Lipinski definition) is 4. The first kappa shape index (κ1) is 13.1. The average Bonchev–Trinajstić information content (AvgIpc) is 3.13. The minimum atomic E-state index is 0.475. The third kappa shape index (κ3) is 2.40. The number of nitrogens with zero attached hydrogens (tertiary/aromatic N) is 3. The van der Waals surface area contributed by atoms with Crippen LogP contribution in [-0.4, -0.2) is 35.1 Å². The minimum Gasteiger partial charge on any atom is -0.366 e. The molecule has 1 N–H and O–H groups in total. The number of aryl methyl sites for hydroxylation is 2. The highest BCUT2D eigenvalue weighted by molar-refractivity contribution is 5.55. The van der Waals surface area contributed by atoms with Gasteiger partial charge in [-0.2, -0.15) is 5.26 Å². The van der Waals surface area contributed by atoms with E-state index >= 15 is 0 Å².